The van der Waals surface area contributed by atoms with Gasteiger partial charge in [0.25, 0.3) is 0 Å². The lowest BCUT2D eigenvalue weighted by Crippen LogP contribution is -2.00. The largest absolute Gasteiger partial charge is 0.456 e. The van der Waals surface area contributed by atoms with Crippen LogP contribution in [0.3, 0.4) is 0 Å². The molecule has 0 spiro atoms. The molecule has 0 amide bonds. The summed E-state index contributed by atoms with van der Waals surface area (Å²) in [6.45, 7) is 0. The van der Waals surface area contributed by atoms with Gasteiger partial charge in [0.2, 0.25) is 0 Å². The first-order valence-electron chi connectivity index (χ1n) is 23.3. The van der Waals surface area contributed by atoms with Crippen molar-refractivity contribution in [3.8, 4) is 62.1 Å². The first-order chi connectivity index (χ1) is 34.2. The maximum atomic E-state index is 6.98. The molecule has 320 valence electrons. The van der Waals surface area contributed by atoms with Crippen molar-refractivity contribution in [2.45, 2.75) is 0 Å². The molecule has 0 aliphatic rings. The van der Waals surface area contributed by atoms with E-state index in [0.29, 0.717) is 17.5 Å². The minimum atomic E-state index is 0.539. The van der Waals surface area contributed by atoms with Gasteiger partial charge in [0.1, 0.15) is 22.3 Å². The Morgan fingerprint density at radius 2 is 0.899 bits per heavy atom. The van der Waals surface area contributed by atoms with Crippen LogP contribution in [0, 0.1) is 0 Å². The molecular weight excluding hydrogens is 845 g/mol. The van der Waals surface area contributed by atoms with Crippen LogP contribution in [0.5, 0.6) is 0 Å². The van der Waals surface area contributed by atoms with Gasteiger partial charge >= 0.3 is 0 Å². The van der Waals surface area contributed by atoms with Crippen LogP contribution in [0.15, 0.2) is 227 Å². The third-order valence-corrected chi connectivity index (χ3v) is 14.0. The van der Waals surface area contributed by atoms with E-state index in [2.05, 4.69) is 193 Å². The zero-order chi connectivity index (χ0) is 45.2. The average molecular weight is 881 g/mol. The van der Waals surface area contributed by atoms with Gasteiger partial charge in [-0.05, 0) is 111 Å². The number of fused-ring (bicyclic) bond motifs is 9. The lowest BCUT2D eigenvalue weighted by molar-refractivity contribution is 0.669. The van der Waals surface area contributed by atoms with Crippen molar-refractivity contribution in [2.24, 2.45) is 0 Å². The summed E-state index contributed by atoms with van der Waals surface area (Å²) in [4.78, 5) is 15.6. The van der Waals surface area contributed by atoms with Gasteiger partial charge in [-0.1, -0.05) is 152 Å². The predicted molar refractivity (Wildman–Crippen MR) is 282 cm³/mol. The molecule has 0 N–H and O–H groups in total. The molecule has 4 heterocycles. The number of rotatable bonds is 6. The van der Waals surface area contributed by atoms with Crippen LogP contribution in [0.2, 0.25) is 0 Å². The van der Waals surface area contributed by atoms with E-state index in [9.17, 15) is 0 Å². The summed E-state index contributed by atoms with van der Waals surface area (Å²) in [7, 11) is 0. The molecule has 0 bridgehead atoms. The van der Waals surface area contributed by atoms with E-state index in [4.69, 9.17) is 23.8 Å². The van der Waals surface area contributed by atoms with Crippen LogP contribution in [0.1, 0.15) is 0 Å². The molecule has 0 saturated heterocycles. The maximum Gasteiger partial charge on any atom is 0.167 e. The molecule has 15 rings (SSSR count). The maximum absolute atomic E-state index is 6.98. The van der Waals surface area contributed by atoms with Crippen molar-refractivity contribution in [3.05, 3.63) is 218 Å². The Balaban J connectivity index is 0.916. The Bertz CT molecular complexity index is 4530. The fraction of sp³-hybridized carbons (Fsp3) is 0. The van der Waals surface area contributed by atoms with E-state index < -0.39 is 0 Å². The van der Waals surface area contributed by atoms with E-state index in [1.807, 2.05) is 30.3 Å². The summed E-state index contributed by atoms with van der Waals surface area (Å²) in [5.41, 5.74) is 13.7. The van der Waals surface area contributed by atoms with E-state index in [1.54, 1.807) is 0 Å². The smallest absolute Gasteiger partial charge is 0.167 e. The quantitative estimate of drug-likeness (QED) is 0.156. The van der Waals surface area contributed by atoms with Gasteiger partial charge in [-0.2, -0.15) is 0 Å². The Labute approximate surface area is 394 Å². The Kier molecular flexibility index (Phi) is 7.97. The van der Waals surface area contributed by atoms with Crippen molar-refractivity contribution in [1.29, 1.82) is 0 Å². The second-order valence-corrected chi connectivity index (χ2v) is 17.9. The molecule has 6 nitrogen and oxygen atoms in total. The van der Waals surface area contributed by atoms with E-state index in [0.717, 1.165) is 88.6 Å². The standard InChI is InChI=1S/C63H36N4O2/c1-4-15-37(16-5-1)50-33-41(34-51-46-22-13-27-54-58(46)59-48(57(50)51)24-14-28-55(59)68-54)39-29-32-45-47-23-12-25-49(60(47)69-56(45)36-39)63-65-61(38-17-6-2-7-18-38)64-62(66-63)40-30-31-44-43-21-10-11-26-52(43)67(53(44)35-40)42-19-8-3-9-20-42/h1-36H. The number of furan rings is 2. The topological polar surface area (TPSA) is 69.9 Å². The van der Waals surface area contributed by atoms with Crippen molar-refractivity contribution in [1.82, 2.24) is 19.5 Å². The van der Waals surface area contributed by atoms with Gasteiger partial charge in [0, 0.05) is 49.1 Å². The number of aromatic nitrogens is 4. The molecule has 11 aromatic carbocycles. The third kappa shape index (κ3) is 5.69. The first kappa shape index (κ1) is 37.8. The zero-order valence-corrected chi connectivity index (χ0v) is 36.9. The Morgan fingerprint density at radius 3 is 1.71 bits per heavy atom. The highest BCUT2D eigenvalue weighted by molar-refractivity contribution is 6.35. The minimum absolute atomic E-state index is 0.539. The molecule has 0 aliphatic heterocycles. The normalized spacial score (nSPS) is 12.1. The Morgan fingerprint density at radius 1 is 0.290 bits per heavy atom. The zero-order valence-electron chi connectivity index (χ0n) is 36.9. The van der Waals surface area contributed by atoms with Crippen LogP contribution < -0.4 is 0 Å². The highest BCUT2D eigenvalue weighted by Crippen LogP contribution is 2.47. The number of hydrogen-bond donors (Lipinski definition) is 0. The minimum Gasteiger partial charge on any atom is -0.456 e. The lowest BCUT2D eigenvalue weighted by atomic mass is 9.87. The molecule has 0 saturated carbocycles. The van der Waals surface area contributed by atoms with E-state index >= 15 is 0 Å². The summed E-state index contributed by atoms with van der Waals surface area (Å²) >= 11 is 0. The molecular formula is C63H36N4O2. The van der Waals surface area contributed by atoms with Crippen LogP contribution in [0.4, 0.5) is 0 Å². The third-order valence-electron chi connectivity index (χ3n) is 14.0. The Hall–Kier alpha value is -9.39. The summed E-state index contributed by atoms with van der Waals surface area (Å²) in [5.74, 6) is 1.71. The highest BCUT2D eigenvalue weighted by atomic mass is 16.3. The number of hydrogen-bond acceptors (Lipinski definition) is 5. The molecule has 6 heteroatoms. The average Bonchev–Trinajstić information content (AvgIpc) is 4.10. The summed E-state index contributed by atoms with van der Waals surface area (Å²) in [6, 6.07) is 76.7. The molecule has 0 fully saturated rings. The van der Waals surface area contributed by atoms with E-state index in [1.165, 1.54) is 43.3 Å². The molecule has 0 atom stereocenters. The highest BCUT2D eigenvalue weighted by Gasteiger charge is 2.23. The lowest BCUT2D eigenvalue weighted by Gasteiger charge is -2.15. The van der Waals surface area contributed by atoms with Gasteiger partial charge in [-0.15, -0.1) is 0 Å². The summed E-state index contributed by atoms with van der Waals surface area (Å²) in [5, 5.41) is 11.5. The van der Waals surface area contributed by atoms with Crippen molar-refractivity contribution < 1.29 is 8.83 Å². The number of benzene rings is 11. The van der Waals surface area contributed by atoms with Crippen molar-refractivity contribution in [3.63, 3.8) is 0 Å². The molecule has 0 aliphatic carbocycles. The van der Waals surface area contributed by atoms with Gasteiger partial charge in [-0.25, -0.2) is 15.0 Å². The fourth-order valence-electron chi connectivity index (χ4n) is 10.9. The molecule has 4 aromatic heterocycles. The second kappa shape index (κ2) is 14.6. The monoisotopic (exact) mass is 880 g/mol. The molecule has 69 heavy (non-hydrogen) atoms. The van der Waals surface area contributed by atoms with Crippen molar-refractivity contribution >= 4 is 87.2 Å². The second-order valence-electron chi connectivity index (χ2n) is 17.9. The van der Waals surface area contributed by atoms with Gasteiger partial charge in [0.05, 0.1) is 16.6 Å². The summed E-state index contributed by atoms with van der Waals surface area (Å²) in [6.07, 6.45) is 0. The number of para-hydroxylation sites is 3. The predicted octanol–water partition coefficient (Wildman–Crippen LogP) is 16.8. The molecule has 15 aromatic rings. The van der Waals surface area contributed by atoms with Gasteiger partial charge in [-0.3, -0.25) is 0 Å². The number of nitrogens with zero attached hydrogens (tertiary/aromatic N) is 4. The van der Waals surface area contributed by atoms with E-state index in [-0.39, 0.29) is 0 Å². The molecule has 0 unspecified atom stereocenters. The fourth-order valence-corrected chi connectivity index (χ4v) is 10.9. The molecule has 0 radical (unpaired) electrons. The van der Waals surface area contributed by atoms with Crippen molar-refractivity contribution in [2.75, 3.05) is 0 Å². The first-order valence-corrected chi connectivity index (χ1v) is 23.3. The SMILES string of the molecule is c1ccc(-c2nc(-c3ccc4c5ccccc5n(-c5ccccc5)c4c3)nc(-c3cccc4c3oc3cc(-c5cc(-c6ccccc6)c6c(c5)c5cccc7oc8cccc6c8c75)ccc34)n2)cc1. The van der Waals surface area contributed by atoms with Gasteiger partial charge < -0.3 is 13.4 Å². The van der Waals surface area contributed by atoms with Crippen LogP contribution in [0.25, 0.3) is 149 Å². The van der Waals surface area contributed by atoms with Crippen LogP contribution in [-0.4, -0.2) is 19.5 Å². The van der Waals surface area contributed by atoms with Crippen LogP contribution >= 0.6 is 0 Å². The van der Waals surface area contributed by atoms with Crippen LogP contribution in [-0.2, 0) is 0 Å². The summed E-state index contributed by atoms with van der Waals surface area (Å²) < 4.78 is 15.7. The van der Waals surface area contributed by atoms with Gasteiger partial charge in [0.15, 0.2) is 17.5 Å².